The van der Waals surface area contributed by atoms with Gasteiger partial charge in [-0.3, -0.25) is 4.72 Å². The van der Waals surface area contributed by atoms with E-state index in [1.54, 1.807) is 12.1 Å². The van der Waals surface area contributed by atoms with Gasteiger partial charge in [-0.1, -0.05) is 18.2 Å². The molecule has 0 aliphatic heterocycles. The molecule has 19 heavy (non-hydrogen) atoms. The van der Waals surface area contributed by atoms with Crippen LogP contribution < -0.4 is 15.4 Å². The van der Waals surface area contributed by atoms with Crippen molar-refractivity contribution in [2.45, 2.75) is 25.4 Å². The van der Waals surface area contributed by atoms with E-state index >= 15 is 0 Å². The lowest BCUT2D eigenvalue weighted by molar-refractivity contribution is 0.606. The minimum atomic E-state index is -3.27. The number of anilines is 1. The molecule has 0 bridgehead atoms. The number of hydrogen-bond acceptors (Lipinski definition) is 3. The molecule has 1 aliphatic carbocycles. The van der Waals surface area contributed by atoms with Crippen LogP contribution in [0, 0.1) is 0 Å². The molecule has 7 heteroatoms. The first-order valence-corrected chi connectivity index (χ1v) is 8.34. The smallest absolute Gasteiger partial charge is 0.229 e. The Kier molecular flexibility index (Phi) is 4.26. The summed E-state index contributed by atoms with van der Waals surface area (Å²) in [7, 11) is -3.27. The van der Waals surface area contributed by atoms with Gasteiger partial charge in [-0.25, -0.2) is 8.42 Å². The summed E-state index contributed by atoms with van der Waals surface area (Å²) in [5, 5.41) is 6.86. The van der Waals surface area contributed by atoms with Gasteiger partial charge >= 0.3 is 0 Å². The lowest BCUT2D eigenvalue weighted by Gasteiger charge is -2.13. The highest BCUT2D eigenvalue weighted by Gasteiger charge is 2.21. The average Bonchev–Trinajstić information content (AvgIpc) is 3.10. The molecule has 3 N–H and O–H groups in total. The molecule has 0 radical (unpaired) electrons. The maximum Gasteiger partial charge on any atom is 0.229 e. The average molecular weight is 299 g/mol. The molecule has 1 saturated carbocycles. The lowest BCUT2D eigenvalue weighted by Crippen LogP contribution is -2.36. The van der Waals surface area contributed by atoms with E-state index in [-0.39, 0.29) is 0 Å². The summed E-state index contributed by atoms with van der Waals surface area (Å²) >= 11 is 5.16. The third-order valence-electron chi connectivity index (χ3n) is 2.66. The van der Waals surface area contributed by atoms with Crippen LogP contribution in [0.15, 0.2) is 24.3 Å². The molecule has 0 unspecified atom stereocenters. The summed E-state index contributed by atoms with van der Waals surface area (Å²) in [5.41, 5.74) is 1.43. The van der Waals surface area contributed by atoms with Gasteiger partial charge in [0.2, 0.25) is 10.0 Å². The fraction of sp³-hybridized carbons (Fsp3) is 0.417. The summed E-state index contributed by atoms with van der Waals surface area (Å²) in [4.78, 5) is 0. The van der Waals surface area contributed by atoms with Gasteiger partial charge in [0.1, 0.15) is 0 Å². The molecule has 0 atom stereocenters. The summed E-state index contributed by atoms with van der Waals surface area (Å²) in [6.45, 7) is 0.483. The first-order chi connectivity index (χ1) is 8.94. The van der Waals surface area contributed by atoms with Gasteiger partial charge < -0.3 is 10.6 Å². The van der Waals surface area contributed by atoms with Crippen LogP contribution in [0.3, 0.4) is 0 Å². The lowest BCUT2D eigenvalue weighted by atomic mass is 10.2. The predicted molar refractivity (Wildman–Crippen MR) is 80.5 cm³/mol. The Balaban J connectivity index is 1.96. The molecular formula is C12H17N3O2S2. The van der Waals surface area contributed by atoms with E-state index in [9.17, 15) is 8.42 Å². The number of sulfonamides is 1. The highest BCUT2D eigenvalue weighted by molar-refractivity contribution is 7.92. The molecule has 1 aromatic carbocycles. The fourth-order valence-electron chi connectivity index (χ4n) is 1.61. The second kappa shape index (κ2) is 5.75. The van der Waals surface area contributed by atoms with Crippen molar-refractivity contribution in [1.29, 1.82) is 0 Å². The number of thiocarbonyl (C=S) groups is 1. The Labute approximate surface area is 118 Å². The van der Waals surface area contributed by atoms with Gasteiger partial charge in [0, 0.05) is 12.6 Å². The van der Waals surface area contributed by atoms with Crippen LogP contribution >= 0.6 is 12.2 Å². The van der Waals surface area contributed by atoms with Gasteiger partial charge in [-0.05, 0) is 36.7 Å². The second-order valence-electron chi connectivity index (χ2n) is 4.63. The van der Waals surface area contributed by atoms with E-state index in [1.165, 1.54) is 0 Å². The molecule has 0 saturated heterocycles. The minimum Gasteiger partial charge on any atom is -0.360 e. The minimum absolute atomic E-state index is 0.483. The molecule has 1 aliphatic rings. The van der Waals surface area contributed by atoms with Crippen molar-refractivity contribution in [3.05, 3.63) is 29.8 Å². The van der Waals surface area contributed by atoms with E-state index < -0.39 is 10.0 Å². The van der Waals surface area contributed by atoms with Crippen LogP contribution in [0.25, 0.3) is 0 Å². The van der Waals surface area contributed by atoms with Crippen molar-refractivity contribution in [1.82, 2.24) is 10.6 Å². The molecule has 0 heterocycles. The molecule has 1 aromatic rings. The van der Waals surface area contributed by atoms with Gasteiger partial charge in [0.15, 0.2) is 5.11 Å². The van der Waals surface area contributed by atoms with E-state index in [1.807, 2.05) is 12.1 Å². The van der Waals surface area contributed by atoms with Crippen molar-refractivity contribution in [2.75, 3.05) is 11.0 Å². The Morgan fingerprint density at radius 3 is 2.68 bits per heavy atom. The number of nitrogens with one attached hydrogen (secondary N) is 3. The van der Waals surface area contributed by atoms with Crippen molar-refractivity contribution in [3.63, 3.8) is 0 Å². The summed E-state index contributed by atoms with van der Waals surface area (Å²) in [6.07, 6.45) is 3.46. The zero-order chi connectivity index (χ0) is 13.9. The SMILES string of the molecule is CS(=O)(=O)Nc1ccccc1CNC(=S)NC1CC1. The van der Waals surface area contributed by atoms with E-state index in [2.05, 4.69) is 15.4 Å². The molecule has 104 valence electrons. The molecule has 0 spiro atoms. The summed E-state index contributed by atoms with van der Waals surface area (Å²) in [5.74, 6) is 0. The van der Waals surface area contributed by atoms with E-state index in [0.717, 1.165) is 24.7 Å². The molecule has 1 fully saturated rings. The zero-order valence-corrected chi connectivity index (χ0v) is 12.3. The number of para-hydroxylation sites is 1. The topological polar surface area (TPSA) is 70.2 Å². The molecule has 0 aromatic heterocycles. The van der Waals surface area contributed by atoms with Gasteiger partial charge in [0.25, 0.3) is 0 Å². The Hall–Kier alpha value is -1.34. The van der Waals surface area contributed by atoms with Crippen LogP contribution in [0.4, 0.5) is 5.69 Å². The standard InChI is InChI=1S/C12H17N3O2S2/c1-19(16,17)15-11-5-3-2-4-9(11)8-13-12(18)14-10-6-7-10/h2-5,10,15H,6-8H2,1H3,(H2,13,14,18). The third-order valence-corrected chi connectivity index (χ3v) is 3.52. The highest BCUT2D eigenvalue weighted by atomic mass is 32.2. The van der Waals surface area contributed by atoms with Crippen LogP contribution in [0.5, 0.6) is 0 Å². The van der Waals surface area contributed by atoms with Crippen molar-refractivity contribution in [2.24, 2.45) is 0 Å². The first-order valence-electron chi connectivity index (χ1n) is 6.04. The normalized spacial score (nSPS) is 14.8. The van der Waals surface area contributed by atoms with Crippen molar-refractivity contribution in [3.8, 4) is 0 Å². The largest absolute Gasteiger partial charge is 0.360 e. The first kappa shape index (κ1) is 14.1. The second-order valence-corrected chi connectivity index (χ2v) is 6.79. The molecule has 2 rings (SSSR count). The summed E-state index contributed by atoms with van der Waals surface area (Å²) in [6, 6.07) is 7.75. The Bertz CT molecular complexity index is 568. The Morgan fingerprint density at radius 1 is 1.37 bits per heavy atom. The Morgan fingerprint density at radius 2 is 2.05 bits per heavy atom. The number of hydrogen-bond donors (Lipinski definition) is 3. The maximum atomic E-state index is 11.3. The van der Waals surface area contributed by atoms with Gasteiger partial charge in [-0.2, -0.15) is 0 Å². The fourth-order valence-corrected chi connectivity index (χ4v) is 2.45. The van der Waals surface area contributed by atoms with Crippen molar-refractivity contribution >= 4 is 33.0 Å². The van der Waals surface area contributed by atoms with Crippen LogP contribution in [-0.2, 0) is 16.6 Å². The quantitative estimate of drug-likeness (QED) is 0.712. The maximum absolute atomic E-state index is 11.3. The van der Waals surface area contributed by atoms with E-state index in [0.29, 0.717) is 23.4 Å². The molecule has 0 amide bonds. The van der Waals surface area contributed by atoms with Crippen molar-refractivity contribution < 1.29 is 8.42 Å². The molecule has 5 nitrogen and oxygen atoms in total. The van der Waals surface area contributed by atoms with Crippen LogP contribution in [0.1, 0.15) is 18.4 Å². The van der Waals surface area contributed by atoms with Crippen LogP contribution in [0.2, 0.25) is 0 Å². The summed E-state index contributed by atoms with van der Waals surface area (Å²) < 4.78 is 25.0. The third kappa shape index (κ3) is 5.04. The number of rotatable bonds is 5. The highest BCUT2D eigenvalue weighted by Crippen LogP contribution is 2.19. The van der Waals surface area contributed by atoms with Crippen LogP contribution in [-0.4, -0.2) is 25.8 Å². The molecular weight excluding hydrogens is 282 g/mol. The van der Waals surface area contributed by atoms with Gasteiger partial charge in [0.05, 0.1) is 11.9 Å². The zero-order valence-electron chi connectivity index (χ0n) is 10.6. The van der Waals surface area contributed by atoms with Gasteiger partial charge in [-0.15, -0.1) is 0 Å². The van der Waals surface area contributed by atoms with E-state index in [4.69, 9.17) is 12.2 Å². The number of benzene rings is 1. The monoisotopic (exact) mass is 299 g/mol. The predicted octanol–water partition coefficient (Wildman–Crippen LogP) is 1.18.